The number of amides is 1. The molecule has 1 N–H and O–H groups in total. The number of carbonyl (C=O) groups is 1. The van der Waals surface area contributed by atoms with Crippen molar-refractivity contribution >= 4 is 5.91 Å². The maximum Gasteiger partial charge on any atom is 0.263 e. The molecule has 146 valence electrons. The predicted molar refractivity (Wildman–Crippen MR) is 106 cm³/mol. The molecule has 0 aromatic rings. The van der Waals surface area contributed by atoms with Gasteiger partial charge in [-0.15, -0.1) is 0 Å². The van der Waals surface area contributed by atoms with Crippen LogP contribution in [0, 0.1) is 11.3 Å². The fourth-order valence-corrected chi connectivity index (χ4v) is 4.19. The van der Waals surface area contributed by atoms with Crippen LogP contribution >= 0.6 is 0 Å². The van der Waals surface area contributed by atoms with Gasteiger partial charge in [0, 0.05) is 24.8 Å². The summed E-state index contributed by atoms with van der Waals surface area (Å²) in [5.74, 6) is -0.178. The topological polar surface area (TPSA) is 56.1 Å². The SMILES string of the molecule is CC1CCCCN1/C=C(/C#N)C(=O)NC1CCCCCCCCCCC1. The number of piperidine rings is 1. The van der Waals surface area contributed by atoms with Gasteiger partial charge in [0.15, 0.2) is 0 Å². The number of carbonyl (C=O) groups excluding carboxylic acids is 1. The predicted octanol–water partition coefficient (Wildman–Crippen LogP) is 5.06. The van der Waals surface area contributed by atoms with Gasteiger partial charge >= 0.3 is 0 Å². The highest BCUT2D eigenvalue weighted by Gasteiger charge is 2.20. The largest absolute Gasteiger partial charge is 0.373 e. The van der Waals surface area contributed by atoms with E-state index in [1.54, 1.807) is 6.20 Å². The second kappa shape index (κ2) is 12.0. The number of hydrogen-bond acceptors (Lipinski definition) is 3. The summed E-state index contributed by atoms with van der Waals surface area (Å²) in [7, 11) is 0. The minimum Gasteiger partial charge on any atom is -0.373 e. The summed E-state index contributed by atoms with van der Waals surface area (Å²) in [4.78, 5) is 14.8. The van der Waals surface area contributed by atoms with Crippen molar-refractivity contribution in [2.45, 2.75) is 109 Å². The minimum atomic E-state index is -0.178. The van der Waals surface area contributed by atoms with E-state index in [9.17, 15) is 10.1 Å². The second-order valence-electron chi connectivity index (χ2n) is 8.17. The van der Waals surface area contributed by atoms with Crippen LogP contribution in [0.5, 0.6) is 0 Å². The highest BCUT2D eigenvalue weighted by Crippen LogP contribution is 2.19. The van der Waals surface area contributed by atoms with Gasteiger partial charge in [-0.25, -0.2) is 0 Å². The molecule has 1 heterocycles. The molecule has 1 amide bonds. The molecular weight excluding hydrogens is 322 g/mol. The van der Waals surface area contributed by atoms with E-state index in [0.29, 0.717) is 6.04 Å². The van der Waals surface area contributed by atoms with E-state index in [1.807, 2.05) is 0 Å². The lowest BCUT2D eigenvalue weighted by atomic mass is 9.97. The van der Waals surface area contributed by atoms with Gasteiger partial charge in [-0.3, -0.25) is 4.79 Å². The zero-order valence-corrected chi connectivity index (χ0v) is 16.6. The molecule has 0 aromatic carbocycles. The first kappa shape index (κ1) is 20.8. The minimum absolute atomic E-state index is 0.178. The maximum atomic E-state index is 12.7. The maximum absolute atomic E-state index is 12.7. The molecule has 1 atom stereocenters. The van der Waals surface area contributed by atoms with Gasteiger partial charge in [0.1, 0.15) is 11.6 Å². The van der Waals surface area contributed by atoms with Gasteiger partial charge in [0.25, 0.3) is 5.91 Å². The van der Waals surface area contributed by atoms with Crippen molar-refractivity contribution in [2.75, 3.05) is 6.54 Å². The average molecular weight is 360 g/mol. The Morgan fingerprint density at radius 3 is 2.00 bits per heavy atom. The van der Waals surface area contributed by atoms with Crippen LogP contribution in [0.4, 0.5) is 0 Å². The summed E-state index contributed by atoms with van der Waals surface area (Å²) < 4.78 is 0. The molecule has 1 saturated carbocycles. The molecule has 26 heavy (non-hydrogen) atoms. The number of likely N-dealkylation sites (tertiary alicyclic amines) is 1. The van der Waals surface area contributed by atoms with E-state index in [2.05, 4.69) is 23.2 Å². The molecular formula is C22H37N3O. The average Bonchev–Trinajstić information content (AvgIpc) is 2.63. The smallest absolute Gasteiger partial charge is 0.263 e. The monoisotopic (exact) mass is 359 g/mol. The van der Waals surface area contributed by atoms with Crippen molar-refractivity contribution in [2.24, 2.45) is 0 Å². The third-order valence-corrected chi connectivity index (χ3v) is 5.95. The van der Waals surface area contributed by atoms with Crippen LogP contribution in [-0.2, 0) is 4.79 Å². The van der Waals surface area contributed by atoms with Gasteiger partial charge in [-0.05, 0) is 39.0 Å². The van der Waals surface area contributed by atoms with Crippen LogP contribution in [0.1, 0.15) is 96.8 Å². The van der Waals surface area contributed by atoms with Crippen LogP contribution < -0.4 is 5.32 Å². The lowest BCUT2D eigenvalue weighted by molar-refractivity contribution is -0.118. The molecule has 4 heteroatoms. The molecule has 2 fully saturated rings. The molecule has 0 aromatic heterocycles. The molecule has 4 nitrogen and oxygen atoms in total. The summed E-state index contributed by atoms with van der Waals surface area (Å²) >= 11 is 0. The molecule has 1 aliphatic carbocycles. The normalized spacial score (nSPS) is 24.8. The molecule has 0 radical (unpaired) electrons. The molecule has 0 bridgehead atoms. The lowest BCUT2D eigenvalue weighted by Crippen LogP contribution is -2.38. The highest BCUT2D eigenvalue weighted by atomic mass is 16.1. The van der Waals surface area contributed by atoms with E-state index in [1.165, 1.54) is 64.2 Å². The Labute approximate surface area is 160 Å². The van der Waals surface area contributed by atoms with Gasteiger partial charge in [0.05, 0.1) is 0 Å². The molecule has 2 aliphatic rings. The molecule has 1 aliphatic heterocycles. The zero-order chi connectivity index (χ0) is 18.6. The summed E-state index contributed by atoms with van der Waals surface area (Å²) in [5, 5.41) is 12.7. The van der Waals surface area contributed by atoms with Crippen molar-refractivity contribution in [3.05, 3.63) is 11.8 Å². The Kier molecular flexibility index (Phi) is 9.60. The Balaban J connectivity index is 1.91. The first-order chi connectivity index (χ1) is 12.7. The first-order valence-corrected chi connectivity index (χ1v) is 10.9. The van der Waals surface area contributed by atoms with Crippen molar-refractivity contribution in [3.63, 3.8) is 0 Å². The Hall–Kier alpha value is -1.50. The van der Waals surface area contributed by atoms with Crippen molar-refractivity contribution in [1.82, 2.24) is 10.2 Å². The van der Waals surface area contributed by atoms with E-state index < -0.39 is 0 Å². The van der Waals surface area contributed by atoms with E-state index in [4.69, 9.17) is 0 Å². The fraction of sp³-hybridized carbons (Fsp3) is 0.818. The summed E-state index contributed by atoms with van der Waals surface area (Å²) in [5.41, 5.74) is 0.268. The van der Waals surface area contributed by atoms with Gasteiger partial charge in [-0.2, -0.15) is 5.26 Å². The number of nitriles is 1. The van der Waals surface area contributed by atoms with Crippen molar-refractivity contribution in [1.29, 1.82) is 5.26 Å². The highest BCUT2D eigenvalue weighted by molar-refractivity contribution is 5.97. The van der Waals surface area contributed by atoms with Crippen LogP contribution in [0.3, 0.4) is 0 Å². The number of rotatable bonds is 3. The fourth-order valence-electron chi connectivity index (χ4n) is 4.19. The third kappa shape index (κ3) is 7.40. The van der Waals surface area contributed by atoms with E-state index in [-0.39, 0.29) is 17.5 Å². The standard InChI is InChI=1S/C22H37N3O/c1-19-13-11-12-16-25(19)18-20(17-23)22(26)24-21-14-9-7-5-3-2-4-6-8-10-15-21/h18-19,21H,2-16H2,1H3,(H,24,26)/b20-18-. The second-order valence-corrected chi connectivity index (χ2v) is 8.17. The lowest BCUT2D eigenvalue weighted by Gasteiger charge is -2.32. The van der Waals surface area contributed by atoms with Crippen molar-refractivity contribution in [3.8, 4) is 6.07 Å². The summed E-state index contributed by atoms with van der Waals surface area (Å²) in [6, 6.07) is 2.77. The van der Waals surface area contributed by atoms with Crippen LogP contribution in [-0.4, -0.2) is 29.4 Å². The third-order valence-electron chi connectivity index (χ3n) is 5.95. The number of nitrogens with zero attached hydrogens (tertiary/aromatic N) is 2. The molecule has 0 spiro atoms. The molecule has 1 unspecified atom stereocenters. The summed E-state index contributed by atoms with van der Waals surface area (Å²) in [6.45, 7) is 3.12. The first-order valence-electron chi connectivity index (χ1n) is 10.9. The van der Waals surface area contributed by atoms with Gasteiger partial charge in [0.2, 0.25) is 0 Å². The van der Waals surface area contributed by atoms with Crippen molar-refractivity contribution < 1.29 is 4.79 Å². The van der Waals surface area contributed by atoms with E-state index >= 15 is 0 Å². The Bertz CT molecular complexity index is 482. The van der Waals surface area contributed by atoms with Crippen LogP contribution in [0.2, 0.25) is 0 Å². The number of nitrogens with one attached hydrogen (secondary N) is 1. The van der Waals surface area contributed by atoms with Gasteiger partial charge < -0.3 is 10.2 Å². The Morgan fingerprint density at radius 2 is 1.46 bits per heavy atom. The van der Waals surface area contributed by atoms with E-state index in [0.717, 1.165) is 32.2 Å². The summed E-state index contributed by atoms with van der Waals surface area (Å²) in [6.07, 6.45) is 19.0. The number of hydrogen-bond donors (Lipinski definition) is 1. The molecule has 1 saturated heterocycles. The van der Waals surface area contributed by atoms with Crippen LogP contribution in [0.15, 0.2) is 11.8 Å². The van der Waals surface area contributed by atoms with Gasteiger partial charge in [-0.1, -0.05) is 57.8 Å². The van der Waals surface area contributed by atoms with Crippen LogP contribution in [0.25, 0.3) is 0 Å². The quantitative estimate of drug-likeness (QED) is 0.566. The zero-order valence-electron chi connectivity index (χ0n) is 16.6. The molecule has 2 rings (SSSR count). The Morgan fingerprint density at radius 1 is 0.923 bits per heavy atom.